The summed E-state index contributed by atoms with van der Waals surface area (Å²) in [6.45, 7) is 0.667. The molecule has 0 aliphatic heterocycles. The molecule has 0 aromatic heterocycles. The summed E-state index contributed by atoms with van der Waals surface area (Å²) in [6.07, 6.45) is -4.34. The molecule has 3 aromatic rings. The monoisotopic (exact) mass is 503 g/mol. The second kappa shape index (κ2) is 11.5. The lowest BCUT2D eigenvalue weighted by molar-refractivity contribution is -0.192. The Morgan fingerprint density at radius 1 is 0.944 bits per heavy atom. The van der Waals surface area contributed by atoms with E-state index in [2.05, 4.69) is 5.32 Å². The van der Waals surface area contributed by atoms with Gasteiger partial charge in [0, 0.05) is 12.2 Å². The van der Waals surface area contributed by atoms with Gasteiger partial charge in [0.25, 0.3) is 0 Å². The average molecular weight is 503 g/mol. The summed E-state index contributed by atoms with van der Waals surface area (Å²) >= 11 is 0. The van der Waals surface area contributed by atoms with E-state index in [9.17, 15) is 18.0 Å². The van der Waals surface area contributed by atoms with Crippen LogP contribution in [0, 0.1) is 5.92 Å². The van der Waals surface area contributed by atoms with E-state index in [-0.39, 0.29) is 11.8 Å². The molecule has 4 rings (SSSR count). The molecule has 1 saturated carbocycles. The van der Waals surface area contributed by atoms with Crippen LogP contribution in [0.3, 0.4) is 0 Å². The lowest BCUT2D eigenvalue weighted by Gasteiger charge is -2.10. The van der Waals surface area contributed by atoms with Crippen LogP contribution in [0.4, 0.5) is 18.9 Å². The topological polar surface area (TPSA) is 105 Å². The van der Waals surface area contributed by atoms with Crippen molar-refractivity contribution < 1.29 is 42.4 Å². The average Bonchev–Trinajstić information content (AvgIpc) is 3.65. The third-order valence-electron chi connectivity index (χ3n) is 5.38. The van der Waals surface area contributed by atoms with Crippen molar-refractivity contribution in [3.63, 3.8) is 0 Å². The molecule has 0 amide bonds. The van der Waals surface area contributed by atoms with Gasteiger partial charge in [0.15, 0.2) is 0 Å². The zero-order valence-corrected chi connectivity index (χ0v) is 19.2. The molecular formula is C26H24F3NO6. The van der Waals surface area contributed by atoms with Crippen LogP contribution in [-0.4, -0.2) is 35.4 Å². The number of aliphatic carboxylic acids is 2. The first kappa shape index (κ1) is 26.4. The fraction of sp³-hybridized carbons (Fsp3) is 0.231. The molecule has 0 bridgehead atoms. The molecule has 0 radical (unpaired) electrons. The van der Waals surface area contributed by atoms with E-state index in [0.717, 1.165) is 40.5 Å². The number of carboxylic acid groups (broad SMARTS) is 2. The third kappa shape index (κ3) is 7.66. The molecule has 3 N–H and O–H groups in total. The van der Waals surface area contributed by atoms with Crippen LogP contribution < -0.4 is 14.8 Å². The number of carboxylic acids is 2. The van der Waals surface area contributed by atoms with Crippen molar-refractivity contribution in [2.75, 3.05) is 12.4 Å². The van der Waals surface area contributed by atoms with Crippen LogP contribution in [0.5, 0.6) is 17.2 Å². The molecule has 2 atom stereocenters. The number of halogens is 3. The van der Waals surface area contributed by atoms with Gasteiger partial charge in [0.2, 0.25) is 0 Å². The van der Waals surface area contributed by atoms with Gasteiger partial charge in [-0.1, -0.05) is 24.3 Å². The molecule has 1 aliphatic rings. The summed E-state index contributed by atoms with van der Waals surface area (Å²) < 4.78 is 42.8. The Morgan fingerprint density at radius 2 is 1.56 bits per heavy atom. The molecule has 2 unspecified atom stereocenters. The van der Waals surface area contributed by atoms with Crippen molar-refractivity contribution in [1.82, 2.24) is 0 Å². The zero-order chi connectivity index (χ0) is 26.3. The van der Waals surface area contributed by atoms with Gasteiger partial charge >= 0.3 is 18.1 Å². The number of rotatable bonds is 8. The number of alkyl halides is 3. The van der Waals surface area contributed by atoms with E-state index in [1.54, 1.807) is 7.11 Å². The van der Waals surface area contributed by atoms with Crippen LogP contribution in [-0.2, 0) is 16.1 Å². The lowest BCUT2D eigenvalue weighted by atomic mass is 10.1. The van der Waals surface area contributed by atoms with Gasteiger partial charge in [-0.05, 0) is 72.0 Å². The number of hydrogen-bond acceptors (Lipinski definition) is 5. The fourth-order valence-corrected chi connectivity index (χ4v) is 3.39. The molecule has 190 valence electrons. The predicted molar refractivity (Wildman–Crippen MR) is 125 cm³/mol. The lowest BCUT2D eigenvalue weighted by Crippen LogP contribution is -2.21. The first-order valence-electron chi connectivity index (χ1n) is 10.8. The molecule has 7 nitrogen and oxygen atoms in total. The van der Waals surface area contributed by atoms with Gasteiger partial charge in [0.1, 0.15) is 17.2 Å². The number of nitrogens with one attached hydrogen (secondary N) is 1. The third-order valence-corrected chi connectivity index (χ3v) is 5.38. The number of ether oxygens (including phenoxy) is 2. The van der Waals surface area contributed by atoms with E-state index in [0.29, 0.717) is 6.54 Å². The van der Waals surface area contributed by atoms with Crippen LogP contribution in [0.1, 0.15) is 23.5 Å². The maximum atomic E-state index is 11.0. The number of benzene rings is 3. The number of carbonyl (C=O) groups is 2. The zero-order valence-electron chi connectivity index (χ0n) is 19.2. The number of methoxy groups -OCH3 is 1. The standard InChI is InChI=1S/C24H23NO4.C2HF3O2/c1-28-19-9-11-20(12-10-19)29-21-4-2-3-16(13-21)15-25-18-7-5-17(6-8-18)22-14-23(22)24(26)27;3-2(4,5)1(6)7/h2-13,22-23,25H,14-15H2,1H3,(H,26,27);(H,6,7). The van der Waals surface area contributed by atoms with E-state index < -0.39 is 18.1 Å². The summed E-state index contributed by atoms with van der Waals surface area (Å²) in [7, 11) is 1.64. The minimum absolute atomic E-state index is 0.160. The maximum Gasteiger partial charge on any atom is 0.490 e. The highest BCUT2D eigenvalue weighted by molar-refractivity contribution is 5.75. The normalized spacial score (nSPS) is 16.2. The predicted octanol–water partition coefficient (Wildman–Crippen LogP) is 5.92. The first-order chi connectivity index (χ1) is 17.1. The van der Waals surface area contributed by atoms with Crippen molar-refractivity contribution in [2.45, 2.75) is 25.1 Å². The van der Waals surface area contributed by atoms with Crippen LogP contribution in [0.2, 0.25) is 0 Å². The summed E-state index contributed by atoms with van der Waals surface area (Å²) in [5.41, 5.74) is 3.20. The highest BCUT2D eigenvalue weighted by atomic mass is 19.4. The van der Waals surface area contributed by atoms with E-state index >= 15 is 0 Å². The van der Waals surface area contributed by atoms with Crippen LogP contribution >= 0.6 is 0 Å². The molecule has 0 saturated heterocycles. The summed E-state index contributed by atoms with van der Waals surface area (Å²) in [6, 6.07) is 23.5. The molecule has 10 heteroatoms. The Balaban J connectivity index is 0.000000454. The van der Waals surface area contributed by atoms with E-state index in [4.69, 9.17) is 24.5 Å². The Bertz CT molecular complexity index is 1180. The van der Waals surface area contributed by atoms with Gasteiger partial charge in [-0.25, -0.2) is 4.79 Å². The van der Waals surface area contributed by atoms with Crippen LogP contribution in [0.25, 0.3) is 0 Å². The van der Waals surface area contributed by atoms with E-state index in [1.807, 2.05) is 72.8 Å². The smallest absolute Gasteiger partial charge is 0.490 e. The largest absolute Gasteiger partial charge is 0.497 e. The fourth-order valence-electron chi connectivity index (χ4n) is 3.39. The molecule has 3 aromatic carbocycles. The quantitative estimate of drug-likeness (QED) is 0.350. The SMILES string of the molecule is COc1ccc(Oc2cccc(CNc3ccc(C4CC4C(=O)O)cc3)c2)cc1.O=C(O)C(F)(F)F. The number of anilines is 1. The minimum atomic E-state index is -5.08. The number of hydrogen-bond donors (Lipinski definition) is 3. The van der Waals surface area contributed by atoms with Crippen molar-refractivity contribution >= 4 is 17.6 Å². The van der Waals surface area contributed by atoms with Gasteiger partial charge < -0.3 is 25.0 Å². The maximum absolute atomic E-state index is 11.0. The van der Waals surface area contributed by atoms with Crippen molar-refractivity contribution in [3.05, 3.63) is 83.9 Å². The van der Waals surface area contributed by atoms with Crippen molar-refractivity contribution in [3.8, 4) is 17.2 Å². The van der Waals surface area contributed by atoms with Gasteiger partial charge in [-0.3, -0.25) is 4.79 Å². The Kier molecular flexibility index (Phi) is 8.42. The van der Waals surface area contributed by atoms with Gasteiger partial charge in [-0.2, -0.15) is 13.2 Å². The second-order valence-corrected chi connectivity index (χ2v) is 7.99. The first-order valence-corrected chi connectivity index (χ1v) is 10.8. The van der Waals surface area contributed by atoms with E-state index in [1.165, 1.54) is 0 Å². The minimum Gasteiger partial charge on any atom is -0.497 e. The summed E-state index contributed by atoms with van der Waals surface area (Å²) in [5.74, 6) is -1.19. The van der Waals surface area contributed by atoms with Crippen molar-refractivity contribution in [2.24, 2.45) is 5.92 Å². The highest BCUT2D eigenvalue weighted by Crippen LogP contribution is 2.47. The molecule has 1 fully saturated rings. The Morgan fingerprint density at radius 3 is 2.08 bits per heavy atom. The van der Waals surface area contributed by atoms with Gasteiger partial charge in [0.05, 0.1) is 13.0 Å². The Hall–Kier alpha value is -4.21. The summed E-state index contributed by atoms with van der Waals surface area (Å²) in [5, 5.41) is 19.6. The van der Waals surface area contributed by atoms with Gasteiger partial charge in [-0.15, -0.1) is 0 Å². The highest BCUT2D eigenvalue weighted by Gasteiger charge is 2.44. The molecule has 36 heavy (non-hydrogen) atoms. The Labute approximate surface area is 205 Å². The molecule has 0 spiro atoms. The summed E-state index contributed by atoms with van der Waals surface area (Å²) in [4.78, 5) is 19.9. The second-order valence-electron chi connectivity index (χ2n) is 7.99. The molecule has 0 heterocycles. The van der Waals surface area contributed by atoms with Crippen LogP contribution in [0.15, 0.2) is 72.8 Å². The molecule has 1 aliphatic carbocycles. The van der Waals surface area contributed by atoms with Crippen molar-refractivity contribution in [1.29, 1.82) is 0 Å². The molecular weight excluding hydrogens is 479 g/mol.